The van der Waals surface area contributed by atoms with Crippen LogP contribution in [-0.4, -0.2) is 34.4 Å². The van der Waals surface area contributed by atoms with E-state index >= 15 is 0 Å². The molecule has 0 amide bonds. The Morgan fingerprint density at radius 3 is 2.38 bits per heavy atom. The quantitative estimate of drug-likeness (QED) is 0.421. The molecule has 7 heteroatoms. The summed E-state index contributed by atoms with van der Waals surface area (Å²) in [6.45, 7) is 0. The van der Waals surface area contributed by atoms with Crippen LogP contribution in [0, 0.1) is 6.20 Å². The molecule has 0 aliphatic heterocycles. The van der Waals surface area contributed by atoms with Crippen molar-refractivity contribution in [1.29, 1.82) is 0 Å². The van der Waals surface area contributed by atoms with Crippen LogP contribution < -0.4 is 17.1 Å². The van der Waals surface area contributed by atoms with Crippen LogP contribution >= 0.6 is 0 Å². The van der Waals surface area contributed by atoms with E-state index in [9.17, 15) is 13.2 Å². The fourth-order valence-electron chi connectivity index (χ4n) is 0.500. The molecule has 0 atom stereocenters. The number of hydrogen-bond donors (Lipinski definition) is 0. The largest absolute Gasteiger partial charge is 2.00 e. The predicted octanol–water partition coefficient (Wildman–Crippen LogP) is -1.60. The summed E-state index contributed by atoms with van der Waals surface area (Å²) in [5, 5.41) is 0. The Morgan fingerprint density at radius 1 is 1.38 bits per heavy atom. The van der Waals surface area contributed by atoms with Crippen molar-refractivity contribution in [3.05, 3.63) is 24.5 Å². The second kappa shape index (κ2) is 6.28. The first-order valence-corrected chi connectivity index (χ1v) is 2.66. The first kappa shape index (κ1) is 15.3. The third kappa shape index (κ3) is 6.91. The molecule has 1 aromatic rings. The summed E-state index contributed by atoms with van der Waals surface area (Å²) < 4.78 is 38.0. The molecule has 0 aliphatic carbocycles. The minimum absolute atomic E-state index is 0. The van der Waals surface area contributed by atoms with E-state index in [1.807, 2.05) is 0 Å². The van der Waals surface area contributed by atoms with E-state index in [0.29, 0.717) is 0 Å². The van der Waals surface area contributed by atoms with Gasteiger partial charge in [0.2, 0.25) is 0 Å². The normalized spacial score (nSPS) is 9.46. The van der Waals surface area contributed by atoms with Crippen LogP contribution in [0.15, 0.2) is 18.3 Å². The molecule has 0 fully saturated rings. The van der Waals surface area contributed by atoms with Gasteiger partial charge in [-0.1, -0.05) is 6.20 Å². The van der Waals surface area contributed by atoms with Crippen molar-refractivity contribution in [2.24, 2.45) is 0 Å². The van der Waals surface area contributed by atoms with Crippen LogP contribution in [0.2, 0.25) is 0 Å². The van der Waals surface area contributed by atoms with E-state index in [-0.39, 0.29) is 41.2 Å². The topological polar surface area (TPSA) is 22.1 Å². The van der Waals surface area contributed by atoms with Gasteiger partial charge in [-0.25, -0.2) is 0 Å². The van der Waals surface area contributed by atoms with Crippen LogP contribution in [0.25, 0.3) is 0 Å². The number of pyridine rings is 1. The molecule has 0 radical (unpaired) electrons. The molecule has 0 saturated carbocycles. The SMILES string of the molecule is FC(F)(F)Oc1cc[c-]nc1.[Cl-].[Mg+2]. The Kier molecular flexibility index (Phi) is 7.38. The van der Waals surface area contributed by atoms with Gasteiger partial charge in [-0.15, -0.1) is 19.2 Å². The molecule has 0 aliphatic rings. The Balaban J connectivity index is 0. The number of ether oxygens (including phenoxy) is 1. The third-order valence-electron chi connectivity index (χ3n) is 0.822. The summed E-state index contributed by atoms with van der Waals surface area (Å²) in [7, 11) is 0. The molecule has 0 N–H and O–H groups in total. The molecule has 13 heavy (non-hydrogen) atoms. The molecule has 2 nitrogen and oxygen atoms in total. The van der Waals surface area contributed by atoms with E-state index in [1.54, 1.807) is 0 Å². The first-order chi connectivity index (χ1) is 5.08. The number of halogens is 4. The zero-order valence-electron chi connectivity index (χ0n) is 6.31. The first-order valence-electron chi connectivity index (χ1n) is 2.66. The molecule has 1 heterocycles. The molecule has 0 spiro atoms. The van der Waals surface area contributed by atoms with Crippen molar-refractivity contribution in [2.45, 2.75) is 6.36 Å². The zero-order valence-corrected chi connectivity index (χ0v) is 8.48. The van der Waals surface area contributed by atoms with Crippen molar-refractivity contribution in [3.8, 4) is 5.75 Å². The van der Waals surface area contributed by atoms with Gasteiger partial charge in [0.25, 0.3) is 0 Å². The van der Waals surface area contributed by atoms with E-state index < -0.39 is 6.36 Å². The second-order valence-electron chi connectivity index (χ2n) is 1.67. The zero-order chi connectivity index (χ0) is 8.32. The summed E-state index contributed by atoms with van der Waals surface area (Å²) in [4.78, 5) is 3.32. The van der Waals surface area contributed by atoms with Crippen LogP contribution in [-0.2, 0) is 0 Å². The van der Waals surface area contributed by atoms with Crippen LogP contribution in [0.3, 0.4) is 0 Å². The van der Waals surface area contributed by atoms with Gasteiger partial charge in [-0.3, -0.25) is 0 Å². The summed E-state index contributed by atoms with van der Waals surface area (Å²) in [6, 6.07) is 2.36. The van der Waals surface area contributed by atoms with Crippen LogP contribution in [0.4, 0.5) is 13.2 Å². The van der Waals surface area contributed by atoms with Gasteiger partial charge < -0.3 is 22.1 Å². The molecular formula is C6H3ClF3MgNO. The van der Waals surface area contributed by atoms with Crippen molar-refractivity contribution in [3.63, 3.8) is 0 Å². The molecule has 0 bridgehead atoms. The maximum absolute atomic E-state index is 11.5. The number of rotatable bonds is 1. The van der Waals surface area contributed by atoms with E-state index in [1.165, 1.54) is 6.07 Å². The fraction of sp³-hybridized carbons (Fsp3) is 0.167. The van der Waals surface area contributed by atoms with Gasteiger partial charge in [0, 0.05) is 5.75 Å². The average Bonchev–Trinajstić information content (AvgIpc) is 1.85. The predicted molar refractivity (Wildman–Crippen MR) is 35.5 cm³/mol. The minimum atomic E-state index is -4.65. The third-order valence-corrected chi connectivity index (χ3v) is 0.822. The molecule has 68 valence electrons. The van der Waals surface area contributed by atoms with Crippen molar-refractivity contribution >= 4 is 23.1 Å². The standard InChI is InChI=1S/C6H3F3NO.ClH.Mg/c7-6(8,9)11-5-2-1-3-10-4-5;;/h1-2,4H;1H;/q-1;;+2/p-1. The van der Waals surface area contributed by atoms with Gasteiger partial charge in [0.1, 0.15) is 0 Å². The Hall–Kier alpha value is -0.204. The molecule has 1 aromatic heterocycles. The number of nitrogens with zero attached hydrogens (tertiary/aromatic N) is 1. The van der Waals surface area contributed by atoms with Crippen molar-refractivity contribution in [1.82, 2.24) is 4.98 Å². The summed E-state index contributed by atoms with van der Waals surface area (Å²) >= 11 is 0. The number of aromatic nitrogens is 1. The fourth-order valence-corrected chi connectivity index (χ4v) is 0.500. The second-order valence-corrected chi connectivity index (χ2v) is 1.67. The number of hydrogen-bond acceptors (Lipinski definition) is 2. The monoisotopic (exact) mass is 221 g/mol. The summed E-state index contributed by atoms with van der Waals surface area (Å²) in [5.41, 5.74) is 0. The molecular weight excluding hydrogens is 219 g/mol. The van der Waals surface area contributed by atoms with E-state index in [4.69, 9.17) is 0 Å². The van der Waals surface area contributed by atoms with Crippen molar-refractivity contribution in [2.75, 3.05) is 0 Å². The Bertz CT molecular complexity index is 231. The van der Waals surface area contributed by atoms with Gasteiger partial charge in [-0.05, 0) is 6.20 Å². The van der Waals surface area contributed by atoms with Crippen LogP contribution in [0.5, 0.6) is 5.75 Å². The maximum atomic E-state index is 11.5. The molecule has 0 unspecified atom stereocenters. The van der Waals surface area contributed by atoms with E-state index in [2.05, 4.69) is 15.9 Å². The smallest absolute Gasteiger partial charge is 1.00 e. The number of alkyl halides is 3. The van der Waals surface area contributed by atoms with Gasteiger partial charge in [-0.2, -0.15) is 6.07 Å². The van der Waals surface area contributed by atoms with Crippen molar-refractivity contribution < 1.29 is 30.3 Å². The van der Waals surface area contributed by atoms with E-state index in [0.717, 1.165) is 12.3 Å². The Morgan fingerprint density at radius 2 is 2.00 bits per heavy atom. The molecule has 0 aromatic carbocycles. The minimum Gasteiger partial charge on any atom is -1.00 e. The molecule has 1 rings (SSSR count). The average molecular weight is 222 g/mol. The summed E-state index contributed by atoms with van der Waals surface area (Å²) in [5.74, 6) is -0.337. The van der Waals surface area contributed by atoms with Gasteiger partial charge in [0.15, 0.2) is 0 Å². The van der Waals surface area contributed by atoms with Gasteiger partial charge in [0.05, 0.1) is 0 Å². The van der Waals surface area contributed by atoms with Crippen LogP contribution in [0.1, 0.15) is 0 Å². The summed E-state index contributed by atoms with van der Waals surface area (Å²) in [6.07, 6.45) is -1.39. The maximum Gasteiger partial charge on any atom is 2.00 e. The van der Waals surface area contributed by atoms with Gasteiger partial charge >= 0.3 is 29.4 Å². The Labute approximate surface area is 95.0 Å². The molecule has 0 saturated heterocycles.